The summed E-state index contributed by atoms with van der Waals surface area (Å²) < 4.78 is 0. The first-order chi connectivity index (χ1) is 9.80. The molecule has 2 N–H and O–H groups in total. The average molecular weight is 292 g/mol. The number of allylic oxidation sites excluding steroid dienone is 2. The first-order valence-electron chi connectivity index (χ1n) is 7.66. The van der Waals surface area contributed by atoms with Gasteiger partial charge in [0.15, 0.2) is 0 Å². The van der Waals surface area contributed by atoms with Crippen LogP contribution in [-0.4, -0.2) is 22.2 Å². The minimum Gasteiger partial charge on any atom is -0.481 e. The van der Waals surface area contributed by atoms with Gasteiger partial charge in [-0.3, -0.25) is 4.79 Å². The maximum Gasteiger partial charge on any atom is 0.332 e. The van der Waals surface area contributed by atoms with Crippen LogP contribution in [0.25, 0.3) is 0 Å². The van der Waals surface area contributed by atoms with E-state index < -0.39 is 23.3 Å². The molecule has 2 rings (SSSR count). The van der Waals surface area contributed by atoms with E-state index in [2.05, 4.69) is 13.8 Å². The first-order valence-corrected chi connectivity index (χ1v) is 7.66. The molecule has 2 aliphatic rings. The lowest BCUT2D eigenvalue weighted by molar-refractivity contribution is -0.145. The zero-order valence-corrected chi connectivity index (χ0v) is 12.9. The fourth-order valence-corrected chi connectivity index (χ4v) is 3.76. The summed E-state index contributed by atoms with van der Waals surface area (Å²) in [5.74, 6) is -1.98. The van der Waals surface area contributed by atoms with E-state index in [0.29, 0.717) is 23.5 Å². The van der Waals surface area contributed by atoms with Gasteiger partial charge in [-0.05, 0) is 43.6 Å². The topological polar surface area (TPSA) is 74.6 Å². The zero-order chi connectivity index (χ0) is 15.8. The Hall–Kier alpha value is -1.58. The van der Waals surface area contributed by atoms with Crippen molar-refractivity contribution >= 4 is 11.9 Å². The molecule has 0 amide bonds. The summed E-state index contributed by atoms with van der Waals surface area (Å²) >= 11 is 0. The van der Waals surface area contributed by atoms with Crippen molar-refractivity contribution in [2.45, 2.75) is 46.5 Å². The normalized spacial score (nSPS) is 29.0. The Morgan fingerprint density at radius 2 is 1.95 bits per heavy atom. The summed E-state index contributed by atoms with van der Waals surface area (Å²) in [7, 11) is 0. The van der Waals surface area contributed by atoms with Gasteiger partial charge in [0.1, 0.15) is 0 Å². The summed E-state index contributed by atoms with van der Waals surface area (Å²) in [5.41, 5.74) is 0.303. The van der Waals surface area contributed by atoms with Crippen LogP contribution in [0.2, 0.25) is 0 Å². The van der Waals surface area contributed by atoms with E-state index in [4.69, 9.17) is 0 Å². The van der Waals surface area contributed by atoms with E-state index in [1.807, 2.05) is 0 Å². The van der Waals surface area contributed by atoms with Crippen LogP contribution in [0, 0.1) is 23.2 Å². The number of carbonyl (C=O) groups is 2. The lowest BCUT2D eigenvalue weighted by atomic mass is 9.60. The molecule has 0 aliphatic heterocycles. The zero-order valence-electron chi connectivity index (χ0n) is 12.9. The van der Waals surface area contributed by atoms with E-state index in [-0.39, 0.29) is 5.92 Å². The van der Waals surface area contributed by atoms with Gasteiger partial charge in [-0.2, -0.15) is 0 Å². The highest BCUT2D eigenvalue weighted by atomic mass is 16.4. The predicted molar refractivity (Wildman–Crippen MR) is 79.8 cm³/mol. The molecule has 1 saturated carbocycles. The van der Waals surface area contributed by atoms with Gasteiger partial charge in [-0.15, -0.1) is 0 Å². The molecule has 2 atom stereocenters. The first kappa shape index (κ1) is 15.8. The largest absolute Gasteiger partial charge is 0.481 e. The van der Waals surface area contributed by atoms with Crippen molar-refractivity contribution in [3.05, 3.63) is 23.3 Å². The van der Waals surface area contributed by atoms with E-state index in [9.17, 15) is 19.8 Å². The van der Waals surface area contributed by atoms with Crippen LogP contribution < -0.4 is 0 Å². The molecule has 0 bridgehead atoms. The highest BCUT2D eigenvalue weighted by Gasteiger charge is 2.57. The number of hydrogen-bond acceptors (Lipinski definition) is 2. The van der Waals surface area contributed by atoms with Gasteiger partial charge in [0.2, 0.25) is 0 Å². The van der Waals surface area contributed by atoms with Gasteiger partial charge in [0, 0.05) is 11.0 Å². The third-order valence-corrected chi connectivity index (χ3v) is 4.87. The lowest BCUT2D eigenvalue weighted by Crippen LogP contribution is -2.43. The van der Waals surface area contributed by atoms with Crippen LogP contribution in [0.4, 0.5) is 0 Å². The maximum atomic E-state index is 11.8. The van der Waals surface area contributed by atoms with Crippen LogP contribution in [0.1, 0.15) is 46.5 Å². The summed E-state index contributed by atoms with van der Waals surface area (Å²) in [6.45, 7) is 5.96. The highest BCUT2D eigenvalue weighted by Crippen LogP contribution is 2.59. The quantitative estimate of drug-likeness (QED) is 0.786. The molecular weight excluding hydrogens is 268 g/mol. The van der Waals surface area contributed by atoms with E-state index >= 15 is 0 Å². The van der Waals surface area contributed by atoms with Gasteiger partial charge >= 0.3 is 11.9 Å². The molecule has 21 heavy (non-hydrogen) atoms. The Morgan fingerprint density at radius 1 is 1.33 bits per heavy atom. The molecule has 0 aromatic carbocycles. The smallest absolute Gasteiger partial charge is 0.332 e. The minimum atomic E-state index is -0.959. The van der Waals surface area contributed by atoms with Crippen LogP contribution in [0.15, 0.2) is 23.3 Å². The molecule has 4 nitrogen and oxygen atoms in total. The molecule has 0 radical (unpaired) electrons. The molecule has 4 heteroatoms. The van der Waals surface area contributed by atoms with Gasteiger partial charge in [-0.25, -0.2) is 4.79 Å². The molecule has 1 fully saturated rings. The van der Waals surface area contributed by atoms with Crippen molar-refractivity contribution in [1.82, 2.24) is 0 Å². The van der Waals surface area contributed by atoms with Crippen molar-refractivity contribution in [3.8, 4) is 0 Å². The molecule has 2 unspecified atom stereocenters. The van der Waals surface area contributed by atoms with Gasteiger partial charge in [0.25, 0.3) is 0 Å². The molecule has 0 spiro atoms. The Labute approximate surface area is 125 Å². The van der Waals surface area contributed by atoms with Crippen LogP contribution in [-0.2, 0) is 9.59 Å². The second kappa shape index (κ2) is 5.66. The Balaban J connectivity index is 2.54. The highest BCUT2D eigenvalue weighted by molar-refractivity contribution is 5.92. The van der Waals surface area contributed by atoms with Gasteiger partial charge in [0.05, 0.1) is 5.92 Å². The Kier molecular flexibility index (Phi) is 4.26. The maximum absolute atomic E-state index is 11.8. The molecule has 0 aromatic heterocycles. The summed E-state index contributed by atoms with van der Waals surface area (Å²) in [6, 6.07) is 0. The summed E-state index contributed by atoms with van der Waals surface area (Å²) in [5, 5.41) is 19.3. The number of aliphatic carboxylic acids is 2. The van der Waals surface area contributed by atoms with Crippen LogP contribution >= 0.6 is 0 Å². The fourth-order valence-electron chi connectivity index (χ4n) is 3.76. The number of carboxylic acids is 2. The SMILES string of the molecule is CC1=C(C(=O)O)C(CCC(C)C)(C2CC2)C(C(=O)O)C=C1. The fraction of sp³-hybridized carbons (Fsp3) is 0.647. The Bertz CT molecular complexity index is 511. The van der Waals surface area contributed by atoms with Crippen molar-refractivity contribution in [1.29, 1.82) is 0 Å². The molecule has 116 valence electrons. The Morgan fingerprint density at radius 3 is 2.38 bits per heavy atom. The molecule has 2 aliphatic carbocycles. The van der Waals surface area contributed by atoms with Gasteiger partial charge < -0.3 is 10.2 Å². The summed E-state index contributed by atoms with van der Waals surface area (Å²) in [6.07, 6.45) is 6.70. The number of carboxylic acid groups (broad SMARTS) is 2. The minimum absolute atomic E-state index is 0.184. The van der Waals surface area contributed by atoms with Crippen LogP contribution in [0.3, 0.4) is 0 Å². The van der Waals surface area contributed by atoms with Crippen LogP contribution in [0.5, 0.6) is 0 Å². The van der Waals surface area contributed by atoms with E-state index in [0.717, 1.165) is 19.3 Å². The lowest BCUT2D eigenvalue weighted by Gasteiger charge is -2.42. The monoisotopic (exact) mass is 292 g/mol. The van der Waals surface area contributed by atoms with Crippen molar-refractivity contribution in [2.75, 3.05) is 0 Å². The second-order valence-electron chi connectivity index (χ2n) is 6.79. The standard InChI is InChI=1S/C17H24O4/c1-10(2)8-9-17(12-5-6-12)13(15(18)19)7-4-11(3)14(17)16(20)21/h4,7,10,12-13H,5-6,8-9H2,1-3H3,(H,18,19)(H,20,21). The molecule has 0 saturated heterocycles. The van der Waals surface area contributed by atoms with Crippen molar-refractivity contribution in [2.24, 2.45) is 23.2 Å². The third kappa shape index (κ3) is 2.76. The van der Waals surface area contributed by atoms with E-state index in [1.165, 1.54) is 0 Å². The molecular formula is C17H24O4. The average Bonchev–Trinajstić information content (AvgIpc) is 3.19. The molecule has 0 heterocycles. The number of rotatable bonds is 6. The van der Waals surface area contributed by atoms with Gasteiger partial charge in [-0.1, -0.05) is 32.4 Å². The van der Waals surface area contributed by atoms with Crippen molar-refractivity contribution in [3.63, 3.8) is 0 Å². The van der Waals surface area contributed by atoms with E-state index in [1.54, 1.807) is 19.1 Å². The summed E-state index contributed by atoms with van der Waals surface area (Å²) in [4.78, 5) is 23.6. The predicted octanol–water partition coefficient (Wildman–Crippen LogP) is 3.49. The molecule has 0 aromatic rings. The van der Waals surface area contributed by atoms with Crippen molar-refractivity contribution < 1.29 is 19.8 Å². The third-order valence-electron chi connectivity index (χ3n) is 4.87. The second-order valence-corrected chi connectivity index (χ2v) is 6.79. The number of hydrogen-bond donors (Lipinski definition) is 2.